The molecule has 4 nitrogen and oxygen atoms in total. The van der Waals surface area contributed by atoms with Crippen molar-refractivity contribution in [2.75, 3.05) is 0 Å². The molecule has 0 aromatic heterocycles. The van der Waals surface area contributed by atoms with Crippen LogP contribution in [0.15, 0.2) is 0 Å². The van der Waals surface area contributed by atoms with Gasteiger partial charge in [0.1, 0.15) is 0 Å². The van der Waals surface area contributed by atoms with E-state index in [1.165, 1.54) is 212 Å². The number of unbranched alkanes of at least 4 members (excludes halogenated alkanes) is 33. The number of carbonyl (C=O) groups excluding carboxylic acids is 2. The zero-order chi connectivity index (χ0) is 34.3. The summed E-state index contributed by atoms with van der Waals surface area (Å²) in [5.41, 5.74) is 10.4. The van der Waals surface area contributed by atoms with Crippen LogP contribution in [0.2, 0.25) is 0 Å². The molecule has 4 N–H and O–H groups in total. The molecule has 0 rings (SSSR count). The molecule has 0 radical (unpaired) electrons. The molecular formula is C43H86N2O2. The molecule has 0 aliphatic carbocycles. The van der Waals surface area contributed by atoms with Gasteiger partial charge in [0.15, 0.2) is 0 Å². The molecule has 0 saturated carbocycles. The molecule has 0 aliphatic heterocycles. The van der Waals surface area contributed by atoms with Crippen molar-refractivity contribution >= 4 is 11.8 Å². The normalized spacial score (nSPS) is 12.1. The first-order valence-electron chi connectivity index (χ1n) is 21.6. The van der Waals surface area contributed by atoms with Crippen molar-refractivity contribution in [3.8, 4) is 0 Å². The van der Waals surface area contributed by atoms with Crippen molar-refractivity contribution in [2.24, 2.45) is 17.4 Å². The average Bonchev–Trinajstić information content (AvgIpc) is 3.04. The first-order chi connectivity index (χ1) is 23.0. The van der Waals surface area contributed by atoms with Gasteiger partial charge in [0, 0.05) is 12.8 Å². The largest absolute Gasteiger partial charge is 0.370 e. The van der Waals surface area contributed by atoms with Gasteiger partial charge in [0.25, 0.3) is 0 Å². The molecule has 0 saturated heterocycles. The highest BCUT2D eigenvalue weighted by atomic mass is 16.1. The monoisotopic (exact) mass is 663 g/mol. The maximum absolute atomic E-state index is 10.7. The Hall–Kier alpha value is -1.06. The molecule has 2 amide bonds. The van der Waals surface area contributed by atoms with Crippen molar-refractivity contribution in [1.29, 1.82) is 0 Å². The van der Waals surface area contributed by atoms with Gasteiger partial charge in [-0.1, -0.05) is 232 Å². The number of primary amides is 2. The SMILES string of the molecule is CC(CCCCCCCCCCCCCCCCCCCCC(N)=O)CCCCCCCCCCCCCCCCCCCC(N)=O. The molecule has 4 heteroatoms. The third-order valence-corrected chi connectivity index (χ3v) is 10.5. The Morgan fingerprint density at radius 1 is 0.298 bits per heavy atom. The van der Waals surface area contributed by atoms with Crippen molar-refractivity contribution in [1.82, 2.24) is 0 Å². The highest BCUT2D eigenvalue weighted by Gasteiger charge is 2.03. The summed E-state index contributed by atoms with van der Waals surface area (Å²) in [5.74, 6) is 0.631. The Bertz CT molecular complexity index is 637. The van der Waals surface area contributed by atoms with Gasteiger partial charge >= 0.3 is 0 Å². The fraction of sp³-hybridized carbons (Fsp3) is 0.953. The lowest BCUT2D eigenvalue weighted by molar-refractivity contribution is -0.119. The lowest BCUT2D eigenvalue weighted by atomic mass is 9.95. The van der Waals surface area contributed by atoms with Crippen LogP contribution in [0, 0.1) is 5.92 Å². The standard InChI is InChI=1S/C43H86N2O2/c1-41(38-34-30-26-22-18-14-10-6-4-8-12-16-20-24-28-32-36-40-43(45)47)37-33-29-25-21-17-13-9-5-2-3-7-11-15-19-23-27-31-35-39-42(44)46/h41H,2-40H2,1H3,(H2,44,46)(H2,45,47). The van der Waals surface area contributed by atoms with Crippen molar-refractivity contribution in [3.05, 3.63) is 0 Å². The zero-order valence-corrected chi connectivity index (χ0v) is 32.1. The van der Waals surface area contributed by atoms with Gasteiger partial charge < -0.3 is 11.5 Å². The average molecular weight is 663 g/mol. The molecule has 0 aliphatic rings. The van der Waals surface area contributed by atoms with Gasteiger partial charge in [-0.05, 0) is 18.8 Å². The van der Waals surface area contributed by atoms with Crippen LogP contribution in [0.5, 0.6) is 0 Å². The van der Waals surface area contributed by atoms with E-state index in [9.17, 15) is 9.59 Å². The summed E-state index contributed by atoms with van der Waals surface area (Å²) < 4.78 is 0. The van der Waals surface area contributed by atoms with E-state index >= 15 is 0 Å². The molecule has 0 heterocycles. The predicted octanol–water partition coefficient (Wildman–Crippen LogP) is 13.8. The topological polar surface area (TPSA) is 86.2 Å². The second-order valence-electron chi connectivity index (χ2n) is 15.5. The maximum atomic E-state index is 10.7. The van der Waals surface area contributed by atoms with Crippen LogP contribution in [0.3, 0.4) is 0 Å². The van der Waals surface area contributed by atoms with Crippen LogP contribution in [0.1, 0.15) is 257 Å². The fourth-order valence-electron chi connectivity index (χ4n) is 7.21. The van der Waals surface area contributed by atoms with Crippen LogP contribution in [-0.4, -0.2) is 11.8 Å². The lowest BCUT2D eigenvalue weighted by Crippen LogP contribution is -2.09. The van der Waals surface area contributed by atoms with E-state index in [0.717, 1.165) is 31.6 Å². The number of nitrogens with two attached hydrogens (primary N) is 2. The summed E-state index contributed by atoms with van der Waals surface area (Å²) in [6.45, 7) is 2.49. The van der Waals surface area contributed by atoms with Gasteiger partial charge in [0.2, 0.25) is 11.8 Å². The second-order valence-corrected chi connectivity index (χ2v) is 15.5. The van der Waals surface area contributed by atoms with Gasteiger partial charge in [-0.2, -0.15) is 0 Å². The Morgan fingerprint density at radius 2 is 0.447 bits per heavy atom. The molecule has 0 bridgehead atoms. The number of hydrogen-bond donors (Lipinski definition) is 2. The quantitative estimate of drug-likeness (QED) is 0.0638. The Balaban J connectivity index is 3.15. The molecule has 0 aromatic carbocycles. The molecule has 1 unspecified atom stereocenters. The minimum Gasteiger partial charge on any atom is -0.370 e. The molecule has 0 aromatic rings. The third kappa shape index (κ3) is 42.9. The highest BCUT2D eigenvalue weighted by Crippen LogP contribution is 2.20. The minimum absolute atomic E-state index is 0.151. The molecular weight excluding hydrogens is 576 g/mol. The summed E-state index contributed by atoms with van der Waals surface area (Å²) >= 11 is 0. The van der Waals surface area contributed by atoms with Crippen LogP contribution in [0.25, 0.3) is 0 Å². The summed E-state index contributed by atoms with van der Waals surface area (Å²) in [4.78, 5) is 21.4. The van der Waals surface area contributed by atoms with Crippen LogP contribution in [0.4, 0.5) is 0 Å². The molecule has 0 fully saturated rings. The number of hydrogen-bond acceptors (Lipinski definition) is 2. The van der Waals surface area contributed by atoms with E-state index in [2.05, 4.69) is 6.92 Å². The smallest absolute Gasteiger partial charge is 0.217 e. The van der Waals surface area contributed by atoms with Crippen molar-refractivity contribution < 1.29 is 9.59 Å². The lowest BCUT2D eigenvalue weighted by Gasteiger charge is -2.11. The summed E-state index contributed by atoms with van der Waals surface area (Å²) in [6.07, 6.45) is 52.2. The van der Waals surface area contributed by atoms with E-state index < -0.39 is 0 Å². The number of carbonyl (C=O) groups is 2. The summed E-state index contributed by atoms with van der Waals surface area (Å²) in [6, 6.07) is 0. The van der Waals surface area contributed by atoms with Crippen LogP contribution in [-0.2, 0) is 9.59 Å². The summed E-state index contributed by atoms with van der Waals surface area (Å²) in [5, 5.41) is 0. The van der Waals surface area contributed by atoms with Gasteiger partial charge in [-0.15, -0.1) is 0 Å². The van der Waals surface area contributed by atoms with E-state index in [4.69, 9.17) is 11.5 Å². The van der Waals surface area contributed by atoms with Crippen LogP contribution >= 0.6 is 0 Å². The predicted molar refractivity (Wildman–Crippen MR) is 208 cm³/mol. The van der Waals surface area contributed by atoms with Crippen LogP contribution < -0.4 is 11.5 Å². The molecule has 1 atom stereocenters. The number of amides is 2. The van der Waals surface area contributed by atoms with Gasteiger partial charge in [0.05, 0.1) is 0 Å². The van der Waals surface area contributed by atoms with Crippen molar-refractivity contribution in [3.63, 3.8) is 0 Å². The first-order valence-corrected chi connectivity index (χ1v) is 21.6. The van der Waals surface area contributed by atoms with E-state index in [1.807, 2.05) is 0 Å². The van der Waals surface area contributed by atoms with Gasteiger partial charge in [-0.3, -0.25) is 9.59 Å². The molecule has 280 valence electrons. The Kier molecular flexibility index (Phi) is 38.5. The maximum Gasteiger partial charge on any atom is 0.217 e. The van der Waals surface area contributed by atoms with E-state index in [0.29, 0.717) is 12.8 Å². The molecule has 0 spiro atoms. The Morgan fingerprint density at radius 3 is 0.617 bits per heavy atom. The minimum atomic E-state index is -0.151. The zero-order valence-electron chi connectivity index (χ0n) is 32.1. The summed E-state index contributed by atoms with van der Waals surface area (Å²) in [7, 11) is 0. The van der Waals surface area contributed by atoms with Crippen molar-refractivity contribution in [2.45, 2.75) is 257 Å². The number of rotatable bonds is 41. The van der Waals surface area contributed by atoms with E-state index in [-0.39, 0.29) is 11.8 Å². The highest BCUT2D eigenvalue weighted by molar-refractivity contribution is 5.73. The molecule has 47 heavy (non-hydrogen) atoms. The fourth-order valence-corrected chi connectivity index (χ4v) is 7.21. The first kappa shape index (κ1) is 45.9. The second kappa shape index (κ2) is 39.4. The third-order valence-electron chi connectivity index (χ3n) is 10.5. The van der Waals surface area contributed by atoms with Gasteiger partial charge in [-0.25, -0.2) is 0 Å². The Labute approximate surface area is 295 Å². The van der Waals surface area contributed by atoms with E-state index in [1.54, 1.807) is 0 Å².